The van der Waals surface area contributed by atoms with Crippen molar-refractivity contribution in [3.05, 3.63) is 29.3 Å². The number of likely N-dealkylation sites (N-methyl/N-ethyl adjacent to an activating group) is 1. The first-order valence-electron chi connectivity index (χ1n) is 7.27. The minimum atomic E-state index is 0.563. The van der Waals surface area contributed by atoms with E-state index in [1.165, 1.54) is 16.8 Å². The number of para-hydroxylation sites is 1. The zero-order valence-corrected chi connectivity index (χ0v) is 12.7. The van der Waals surface area contributed by atoms with Gasteiger partial charge in [0.15, 0.2) is 0 Å². The van der Waals surface area contributed by atoms with Crippen LogP contribution < -0.4 is 10.6 Å². The Morgan fingerprint density at radius 1 is 1.21 bits per heavy atom. The standard InChI is InChI=1S/C16H27N3/c1-12-6-5-7-13(2)16(12)19-10-14(3)18(4)15(11-19)8-9-17/h5-7,14-15H,8-11,17H2,1-4H3. The highest BCUT2D eigenvalue weighted by Crippen LogP contribution is 2.28. The number of piperazine rings is 1. The predicted octanol–water partition coefficient (Wildman–Crippen LogP) is 2.16. The molecule has 3 nitrogen and oxygen atoms in total. The molecular formula is C16H27N3. The molecule has 1 aliphatic heterocycles. The Hall–Kier alpha value is -1.06. The quantitative estimate of drug-likeness (QED) is 0.905. The molecule has 1 saturated heterocycles. The van der Waals surface area contributed by atoms with Crippen molar-refractivity contribution in [2.75, 3.05) is 31.6 Å². The molecule has 2 unspecified atom stereocenters. The van der Waals surface area contributed by atoms with Crippen LogP contribution in [0.1, 0.15) is 24.5 Å². The molecule has 1 aromatic rings. The van der Waals surface area contributed by atoms with Crippen LogP contribution in [-0.2, 0) is 0 Å². The van der Waals surface area contributed by atoms with Crippen molar-refractivity contribution in [2.45, 2.75) is 39.3 Å². The zero-order chi connectivity index (χ0) is 14.0. The lowest BCUT2D eigenvalue weighted by Gasteiger charge is -2.45. The number of nitrogens with two attached hydrogens (primary N) is 1. The molecule has 2 atom stereocenters. The van der Waals surface area contributed by atoms with Gasteiger partial charge >= 0.3 is 0 Å². The van der Waals surface area contributed by atoms with E-state index in [-0.39, 0.29) is 0 Å². The van der Waals surface area contributed by atoms with E-state index in [1.807, 2.05) is 0 Å². The number of hydrogen-bond donors (Lipinski definition) is 1. The lowest BCUT2D eigenvalue weighted by molar-refractivity contribution is 0.152. The van der Waals surface area contributed by atoms with Crippen LogP contribution >= 0.6 is 0 Å². The SMILES string of the molecule is Cc1cccc(C)c1N1CC(C)N(C)C(CCN)C1. The van der Waals surface area contributed by atoms with E-state index in [9.17, 15) is 0 Å². The highest BCUT2D eigenvalue weighted by atomic mass is 15.3. The average Bonchev–Trinajstić information content (AvgIpc) is 2.35. The summed E-state index contributed by atoms with van der Waals surface area (Å²) >= 11 is 0. The van der Waals surface area contributed by atoms with Crippen LogP contribution in [0.2, 0.25) is 0 Å². The number of hydrogen-bond acceptors (Lipinski definition) is 3. The number of aryl methyl sites for hydroxylation is 2. The van der Waals surface area contributed by atoms with Crippen molar-refractivity contribution in [1.82, 2.24) is 4.90 Å². The Morgan fingerprint density at radius 2 is 1.84 bits per heavy atom. The van der Waals surface area contributed by atoms with Gasteiger partial charge in [0, 0.05) is 30.9 Å². The van der Waals surface area contributed by atoms with Crippen LogP contribution in [0.3, 0.4) is 0 Å². The first-order valence-corrected chi connectivity index (χ1v) is 7.27. The van der Waals surface area contributed by atoms with E-state index < -0.39 is 0 Å². The molecule has 0 aromatic heterocycles. The van der Waals surface area contributed by atoms with Crippen LogP contribution in [-0.4, -0.2) is 43.7 Å². The van der Waals surface area contributed by atoms with E-state index in [4.69, 9.17) is 5.73 Å². The Morgan fingerprint density at radius 3 is 2.42 bits per heavy atom. The Bertz CT molecular complexity index is 410. The van der Waals surface area contributed by atoms with Gasteiger partial charge in [0.25, 0.3) is 0 Å². The molecule has 1 heterocycles. The lowest BCUT2D eigenvalue weighted by atomic mass is 10.0. The van der Waals surface area contributed by atoms with Gasteiger partial charge in [-0.1, -0.05) is 18.2 Å². The van der Waals surface area contributed by atoms with Crippen LogP contribution in [0.25, 0.3) is 0 Å². The van der Waals surface area contributed by atoms with Crippen molar-refractivity contribution in [3.8, 4) is 0 Å². The van der Waals surface area contributed by atoms with E-state index in [0.717, 1.165) is 26.1 Å². The summed E-state index contributed by atoms with van der Waals surface area (Å²) in [7, 11) is 2.23. The molecule has 1 aliphatic rings. The van der Waals surface area contributed by atoms with Gasteiger partial charge < -0.3 is 10.6 Å². The Balaban J connectivity index is 2.25. The van der Waals surface area contributed by atoms with E-state index in [1.54, 1.807) is 0 Å². The van der Waals surface area contributed by atoms with Crippen LogP contribution in [0.4, 0.5) is 5.69 Å². The van der Waals surface area contributed by atoms with Crippen LogP contribution in [0.5, 0.6) is 0 Å². The molecule has 2 N–H and O–H groups in total. The minimum Gasteiger partial charge on any atom is -0.368 e. The fraction of sp³-hybridized carbons (Fsp3) is 0.625. The minimum absolute atomic E-state index is 0.563. The van der Waals surface area contributed by atoms with E-state index >= 15 is 0 Å². The molecule has 19 heavy (non-hydrogen) atoms. The van der Waals surface area contributed by atoms with Crippen molar-refractivity contribution < 1.29 is 0 Å². The summed E-state index contributed by atoms with van der Waals surface area (Å²) in [4.78, 5) is 5.03. The lowest BCUT2D eigenvalue weighted by Crippen LogP contribution is -2.56. The smallest absolute Gasteiger partial charge is 0.0426 e. The molecule has 2 rings (SSSR count). The summed E-state index contributed by atoms with van der Waals surface area (Å²) in [5.74, 6) is 0. The van der Waals surface area contributed by atoms with Crippen LogP contribution in [0.15, 0.2) is 18.2 Å². The van der Waals surface area contributed by atoms with Gasteiger partial charge in [0.1, 0.15) is 0 Å². The van der Waals surface area contributed by atoms with Gasteiger partial charge in [0.2, 0.25) is 0 Å². The van der Waals surface area contributed by atoms with Gasteiger partial charge in [-0.3, -0.25) is 4.90 Å². The summed E-state index contributed by atoms with van der Waals surface area (Å²) in [6, 6.07) is 7.70. The molecule has 0 spiro atoms. The second-order valence-electron chi connectivity index (χ2n) is 5.89. The summed E-state index contributed by atoms with van der Waals surface area (Å²) in [5.41, 5.74) is 9.94. The van der Waals surface area contributed by atoms with Gasteiger partial charge in [-0.2, -0.15) is 0 Å². The molecule has 0 saturated carbocycles. The second-order valence-corrected chi connectivity index (χ2v) is 5.89. The molecule has 0 bridgehead atoms. The van der Waals surface area contributed by atoms with Gasteiger partial charge in [-0.15, -0.1) is 0 Å². The molecule has 0 amide bonds. The first kappa shape index (κ1) is 14.4. The van der Waals surface area contributed by atoms with Crippen molar-refractivity contribution in [3.63, 3.8) is 0 Å². The first-order chi connectivity index (χ1) is 9.04. The van der Waals surface area contributed by atoms with Crippen molar-refractivity contribution in [2.24, 2.45) is 5.73 Å². The van der Waals surface area contributed by atoms with Crippen LogP contribution in [0, 0.1) is 13.8 Å². The molecule has 1 fully saturated rings. The third-order valence-electron chi connectivity index (χ3n) is 4.44. The maximum atomic E-state index is 5.77. The largest absolute Gasteiger partial charge is 0.368 e. The zero-order valence-electron chi connectivity index (χ0n) is 12.7. The average molecular weight is 261 g/mol. The normalized spacial score (nSPS) is 24.8. The maximum Gasteiger partial charge on any atom is 0.0426 e. The highest BCUT2D eigenvalue weighted by Gasteiger charge is 2.29. The predicted molar refractivity (Wildman–Crippen MR) is 82.8 cm³/mol. The van der Waals surface area contributed by atoms with E-state index in [0.29, 0.717) is 12.1 Å². The molecule has 1 aromatic carbocycles. The fourth-order valence-corrected chi connectivity index (χ4v) is 3.24. The summed E-state index contributed by atoms with van der Waals surface area (Å²) in [6.45, 7) is 9.69. The Kier molecular flexibility index (Phi) is 4.48. The molecule has 0 radical (unpaired) electrons. The van der Waals surface area contributed by atoms with E-state index in [2.05, 4.69) is 55.8 Å². The molecule has 0 aliphatic carbocycles. The fourth-order valence-electron chi connectivity index (χ4n) is 3.24. The number of rotatable bonds is 3. The van der Waals surface area contributed by atoms with Gasteiger partial charge in [-0.25, -0.2) is 0 Å². The van der Waals surface area contributed by atoms with Crippen molar-refractivity contribution >= 4 is 5.69 Å². The number of anilines is 1. The van der Waals surface area contributed by atoms with Crippen molar-refractivity contribution in [1.29, 1.82) is 0 Å². The Labute approximate surface area is 117 Å². The summed E-state index contributed by atoms with van der Waals surface area (Å²) < 4.78 is 0. The second kappa shape index (κ2) is 5.93. The maximum absolute atomic E-state index is 5.77. The molecule has 106 valence electrons. The molecule has 3 heteroatoms. The highest BCUT2D eigenvalue weighted by molar-refractivity contribution is 5.59. The summed E-state index contributed by atoms with van der Waals surface area (Å²) in [5, 5.41) is 0. The van der Waals surface area contributed by atoms with Gasteiger partial charge in [0.05, 0.1) is 0 Å². The van der Waals surface area contributed by atoms with Gasteiger partial charge in [-0.05, 0) is 51.9 Å². The third-order valence-corrected chi connectivity index (χ3v) is 4.44. The number of nitrogens with zero attached hydrogens (tertiary/aromatic N) is 2. The third kappa shape index (κ3) is 2.93. The summed E-state index contributed by atoms with van der Waals surface area (Å²) in [6.07, 6.45) is 1.07. The molecular weight excluding hydrogens is 234 g/mol. The number of benzene rings is 1. The topological polar surface area (TPSA) is 32.5 Å². The monoisotopic (exact) mass is 261 g/mol.